The van der Waals surface area contributed by atoms with E-state index in [4.69, 9.17) is 0 Å². The summed E-state index contributed by atoms with van der Waals surface area (Å²) < 4.78 is 21.7. The Morgan fingerprint density at radius 2 is 2.00 bits per heavy atom. The fourth-order valence-electron chi connectivity index (χ4n) is 1.37. The summed E-state index contributed by atoms with van der Waals surface area (Å²) in [6, 6.07) is 0. The first-order valence-electron chi connectivity index (χ1n) is 4.82. The highest BCUT2D eigenvalue weighted by Gasteiger charge is 2.07. The number of rotatable bonds is 7. The lowest BCUT2D eigenvalue weighted by atomic mass is 10.0. The van der Waals surface area contributed by atoms with Crippen molar-refractivity contribution in [3.8, 4) is 0 Å². The molecule has 0 amide bonds. The van der Waals surface area contributed by atoms with Gasteiger partial charge in [-0.15, -0.1) is 0 Å². The van der Waals surface area contributed by atoms with E-state index in [2.05, 4.69) is 12.2 Å². The van der Waals surface area contributed by atoms with Crippen LogP contribution in [0, 0.1) is 5.92 Å². The molecule has 0 aromatic heterocycles. The molecule has 13 heavy (non-hydrogen) atoms. The van der Waals surface area contributed by atoms with Gasteiger partial charge in [-0.1, -0.05) is 13.3 Å². The predicted octanol–water partition coefficient (Wildman–Crippen LogP) is 1.06. The SMILES string of the molecule is CCC(CCCS(C)(=O)=O)CNC. The van der Waals surface area contributed by atoms with Crippen molar-refractivity contribution in [1.82, 2.24) is 5.32 Å². The van der Waals surface area contributed by atoms with Gasteiger partial charge in [0.1, 0.15) is 9.84 Å². The molecule has 0 rings (SSSR count). The van der Waals surface area contributed by atoms with E-state index in [0.29, 0.717) is 11.7 Å². The zero-order valence-corrected chi connectivity index (χ0v) is 9.65. The molecule has 0 aromatic rings. The van der Waals surface area contributed by atoms with E-state index in [1.807, 2.05) is 7.05 Å². The van der Waals surface area contributed by atoms with Gasteiger partial charge in [0.05, 0.1) is 0 Å². The molecule has 0 aromatic carbocycles. The predicted molar refractivity (Wildman–Crippen MR) is 56.7 cm³/mol. The molecule has 1 atom stereocenters. The average Bonchev–Trinajstić information content (AvgIpc) is 2.01. The van der Waals surface area contributed by atoms with E-state index >= 15 is 0 Å². The van der Waals surface area contributed by atoms with Gasteiger partial charge in [-0.2, -0.15) is 0 Å². The summed E-state index contributed by atoms with van der Waals surface area (Å²) in [6.45, 7) is 3.13. The van der Waals surface area contributed by atoms with Gasteiger partial charge in [-0.05, 0) is 32.4 Å². The van der Waals surface area contributed by atoms with Crippen molar-refractivity contribution < 1.29 is 8.42 Å². The lowest BCUT2D eigenvalue weighted by Gasteiger charge is -2.13. The number of hydrogen-bond donors (Lipinski definition) is 1. The summed E-state index contributed by atoms with van der Waals surface area (Å²) in [7, 11) is -0.834. The van der Waals surface area contributed by atoms with Crippen molar-refractivity contribution in [3.63, 3.8) is 0 Å². The van der Waals surface area contributed by atoms with Crippen molar-refractivity contribution in [1.29, 1.82) is 0 Å². The molecule has 0 spiro atoms. The number of nitrogens with one attached hydrogen (secondary N) is 1. The Hall–Kier alpha value is -0.0900. The summed E-state index contributed by atoms with van der Waals surface area (Å²) >= 11 is 0. The first kappa shape index (κ1) is 12.9. The maximum Gasteiger partial charge on any atom is 0.147 e. The van der Waals surface area contributed by atoms with Crippen LogP contribution in [0.3, 0.4) is 0 Å². The quantitative estimate of drug-likeness (QED) is 0.679. The Morgan fingerprint density at radius 3 is 2.38 bits per heavy atom. The summed E-state index contributed by atoms with van der Waals surface area (Å²) in [5, 5.41) is 3.12. The van der Waals surface area contributed by atoms with Gasteiger partial charge in [0.15, 0.2) is 0 Å². The van der Waals surface area contributed by atoms with Crippen LogP contribution in [0.2, 0.25) is 0 Å². The van der Waals surface area contributed by atoms with Crippen molar-refractivity contribution in [2.45, 2.75) is 26.2 Å². The average molecular weight is 207 g/mol. The van der Waals surface area contributed by atoms with Gasteiger partial charge < -0.3 is 5.32 Å². The lowest BCUT2D eigenvalue weighted by Crippen LogP contribution is -2.19. The van der Waals surface area contributed by atoms with Crippen LogP contribution in [-0.2, 0) is 9.84 Å². The van der Waals surface area contributed by atoms with Gasteiger partial charge in [0, 0.05) is 12.0 Å². The van der Waals surface area contributed by atoms with E-state index < -0.39 is 9.84 Å². The highest BCUT2D eigenvalue weighted by Crippen LogP contribution is 2.10. The van der Waals surface area contributed by atoms with Crippen LogP contribution in [-0.4, -0.2) is 34.0 Å². The Labute approximate surface area is 81.8 Å². The van der Waals surface area contributed by atoms with Crippen LogP contribution in [0.5, 0.6) is 0 Å². The highest BCUT2D eigenvalue weighted by atomic mass is 32.2. The maximum absolute atomic E-state index is 10.8. The van der Waals surface area contributed by atoms with Crippen LogP contribution >= 0.6 is 0 Å². The van der Waals surface area contributed by atoms with Crippen LogP contribution in [0.15, 0.2) is 0 Å². The normalized spacial score (nSPS) is 14.4. The van der Waals surface area contributed by atoms with Crippen LogP contribution in [0.25, 0.3) is 0 Å². The second-order valence-electron chi connectivity index (χ2n) is 3.60. The first-order valence-corrected chi connectivity index (χ1v) is 6.88. The standard InChI is InChI=1S/C9H21NO2S/c1-4-9(8-10-2)6-5-7-13(3,11)12/h9-10H,4-8H2,1-3H3. The molecule has 80 valence electrons. The van der Waals surface area contributed by atoms with Crippen molar-refractivity contribution in [2.24, 2.45) is 5.92 Å². The third-order valence-corrected chi connectivity index (χ3v) is 3.23. The van der Waals surface area contributed by atoms with Gasteiger partial charge >= 0.3 is 0 Å². The topological polar surface area (TPSA) is 46.2 Å². The van der Waals surface area contributed by atoms with Crippen LogP contribution in [0.4, 0.5) is 0 Å². The van der Waals surface area contributed by atoms with E-state index in [0.717, 1.165) is 25.8 Å². The Bertz CT molecular complexity index is 212. The van der Waals surface area contributed by atoms with Crippen molar-refractivity contribution in [3.05, 3.63) is 0 Å². The molecule has 4 heteroatoms. The molecule has 0 saturated heterocycles. The van der Waals surface area contributed by atoms with Gasteiger partial charge in [-0.3, -0.25) is 0 Å². The van der Waals surface area contributed by atoms with Gasteiger partial charge in [0.25, 0.3) is 0 Å². The fourth-order valence-corrected chi connectivity index (χ4v) is 2.06. The Morgan fingerprint density at radius 1 is 1.38 bits per heavy atom. The molecule has 1 N–H and O–H groups in total. The summed E-state index contributed by atoms with van der Waals surface area (Å²) in [4.78, 5) is 0. The third kappa shape index (κ3) is 8.25. The molecule has 3 nitrogen and oxygen atoms in total. The fraction of sp³-hybridized carbons (Fsp3) is 1.00. The summed E-state index contributed by atoms with van der Waals surface area (Å²) in [6.07, 6.45) is 4.21. The van der Waals surface area contributed by atoms with E-state index in [1.54, 1.807) is 0 Å². The second-order valence-corrected chi connectivity index (χ2v) is 5.86. The zero-order valence-electron chi connectivity index (χ0n) is 8.84. The third-order valence-electron chi connectivity index (χ3n) is 2.20. The van der Waals surface area contributed by atoms with Crippen molar-refractivity contribution in [2.75, 3.05) is 25.6 Å². The minimum Gasteiger partial charge on any atom is -0.319 e. The number of hydrogen-bond acceptors (Lipinski definition) is 3. The van der Waals surface area contributed by atoms with Gasteiger partial charge in [0.2, 0.25) is 0 Å². The minimum atomic E-state index is -2.76. The molecule has 0 saturated carbocycles. The molecule has 0 aliphatic carbocycles. The molecule has 0 aliphatic heterocycles. The molecule has 0 fully saturated rings. The highest BCUT2D eigenvalue weighted by molar-refractivity contribution is 7.90. The van der Waals surface area contributed by atoms with E-state index in [1.165, 1.54) is 6.26 Å². The molecule has 1 unspecified atom stereocenters. The smallest absolute Gasteiger partial charge is 0.147 e. The van der Waals surface area contributed by atoms with Crippen LogP contribution in [0.1, 0.15) is 26.2 Å². The lowest BCUT2D eigenvalue weighted by molar-refractivity contribution is 0.445. The Kier molecular flexibility index (Phi) is 6.33. The van der Waals surface area contributed by atoms with Crippen molar-refractivity contribution >= 4 is 9.84 Å². The molecular weight excluding hydrogens is 186 g/mol. The largest absolute Gasteiger partial charge is 0.319 e. The Balaban J connectivity index is 3.61. The molecule has 0 radical (unpaired) electrons. The molecule has 0 heterocycles. The monoisotopic (exact) mass is 207 g/mol. The molecule has 0 bridgehead atoms. The number of sulfone groups is 1. The van der Waals surface area contributed by atoms with E-state index in [-0.39, 0.29) is 0 Å². The maximum atomic E-state index is 10.8. The second kappa shape index (κ2) is 6.38. The summed E-state index contributed by atoms with van der Waals surface area (Å²) in [5.74, 6) is 0.944. The molecule has 0 aliphatic rings. The minimum absolute atomic E-state index is 0.327. The molecular formula is C9H21NO2S. The van der Waals surface area contributed by atoms with Crippen LogP contribution < -0.4 is 5.32 Å². The summed E-state index contributed by atoms with van der Waals surface area (Å²) in [5.41, 5.74) is 0. The van der Waals surface area contributed by atoms with Gasteiger partial charge in [-0.25, -0.2) is 8.42 Å². The first-order chi connectivity index (χ1) is 5.99. The zero-order chi connectivity index (χ0) is 10.3. The van der Waals surface area contributed by atoms with E-state index in [9.17, 15) is 8.42 Å².